The molecule has 0 spiro atoms. The average molecular weight is 409 g/mol. The smallest absolute Gasteiger partial charge is 0.270 e. The van der Waals surface area contributed by atoms with Crippen molar-refractivity contribution in [3.8, 4) is 0 Å². The number of aromatic nitrogens is 2. The Labute approximate surface area is 175 Å². The van der Waals surface area contributed by atoms with E-state index < -0.39 is 6.10 Å². The fourth-order valence-corrected chi connectivity index (χ4v) is 4.65. The van der Waals surface area contributed by atoms with Gasteiger partial charge in [-0.15, -0.1) is 0 Å². The van der Waals surface area contributed by atoms with E-state index in [-0.39, 0.29) is 24.0 Å². The van der Waals surface area contributed by atoms with Crippen molar-refractivity contribution in [3.63, 3.8) is 0 Å². The Hall–Kier alpha value is -2.55. The number of rotatable bonds is 5. The van der Waals surface area contributed by atoms with E-state index in [0.717, 1.165) is 25.9 Å². The van der Waals surface area contributed by atoms with E-state index in [1.165, 1.54) is 17.5 Å². The molecular weight excluding hydrogens is 382 g/mol. The number of nitrogens with zero attached hydrogens (tertiary/aromatic N) is 3. The van der Waals surface area contributed by atoms with Gasteiger partial charge in [-0.3, -0.25) is 9.69 Å². The van der Waals surface area contributed by atoms with Crippen LogP contribution in [0.25, 0.3) is 0 Å². The normalized spacial score (nSPS) is 26.6. The molecule has 30 heavy (non-hydrogen) atoms. The molecule has 2 aliphatic heterocycles. The number of benzene rings is 1. The minimum atomic E-state index is -0.443. The maximum Gasteiger partial charge on any atom is 0.270 e. The van der Waals surface area contributed by atoms with Gasteiger partial charge in [0.1, 0.15) is 17.8 Å². The van der Waals surface area contributed by atoms with Gasteiger partial charge in [-0.05, 0) is 30.4 Å². The largest absolute Gasteiger partial charge is 0.391 e. The molecule has 1 saturated carbocycles. The maximum absolute atomic E-state index is 12.7. The zero-order valence-corrected chi connectivity index (χ0v) is 16.8. The quantitative estimate of drug-likeness (QED) is 0.677. The highest BCUT2D eigenvalue weighted by atomic mass is 16.5. The number of ether oxygens (including phenoxy) is 1. The Morgan fingerprint density at radius 1 is 1.13 bits per heavy atom. The van der Waals surface area contributed by atoms with Crippen LogP contribution in [0.1, 0.15) is 34.5 Å². The molecule has 3 heterocycles. The van der Waals surface area contributed by atoms with Crippen LogP contribution in [0.15, 0.2) is 36.7 Å². The molecule has 0 radical (unpaired) electrons. The van der Waals surface area contributed by atoms with Crippen LogP contribution in [0, 0.1) is 0 Å². The first-order valence-electron chi connectivity index (χ1n) is 10.6. The number of fused-ring (bicyclic) bond motifs is 1. The summed E-state index contributed by atoms with van der Waals surface area (Å²) >= 11 is 0. The molecule has 158 valence electrons. The minimum Gasteiger partial charge on any atom is -0.391 e. The van der Waals surface area contributed by atoms with E-state index in [2.05, 4.69) is 49.8 Å². The molecule has 0 bridgehead atoms. The van der Waals surface area contributed by atoms with Gasteiger partial charge >= 0.3 is 0 Å². The number of carbonyl (C=O) groups is 1. The molecule has 1 aliphatic carbocycles. The molecular formula is C22H27N5O3. The molecule has 3 atom stereocenters. The number of aliphatic hydroxyl groups excluding tert-OH is 1. The first kappa shape index (κ1) is 19.4. The lowest BCUT2D eigenvalue weighted by molar-refractivity contribution is 0.0209. The summed E-state index contributed by atoms with van der Waals surface area (Å²) < 4.78 is 5.15. The van der Waals surface area contributed by atoms with E-state index in [1.54, 1.807) is 6.07 Å². The van der Waals surface area contributed by atoms with Crippen molar-refractivity contribution in [2.24, 2.45) is 0 Å². The predicted molar refractivity (Wildman–Crippen MR) is 111 cm³/mol. The highest BCUT2D eigenvalue weighted by Crippen LogP contribution is 2.29. The molecule has 1 aromatic carbocycles. The van der Waals surface area contributed by atoms with Crippen molar-refractivity contribution in [3.05, 3.63) is 53.5 Å². The molecule has 0 unspecified atom stereocenters. The topological polar surface area (TPSA) is 99.6 Å². The van der Waals surface area contributed by atoms with Crippen molar-refractivity contribution in [1.82, 2.24) is 20.2 Å². The summed E-state index contributed by atoms with van der Waals surface area (Å²) in [6.45, 7) is 3.08. The van der Waals surface area contributed by atoms with Crippen LogP contribution in [0.3, 0.4) is 0 Å². The summed E-state index contributed by atoms with van der Waals surface area (Å²) in [6.07, 6.45) is 3.25. The number of amides is 1. The van der Waals surface area contributed by atoms with Gasteiger partial charge in [-0.1, -0.05) is 24.3 Å². The molecule has 1 amide bonds. The van der Waals surface area contributed by atoms with Crippen LogP contribution in [0.5, 0.6) is 0 Å². The lowest BCUT2D eigenvalue weighted by Crippen LogP contribution is -2.43. The van der Waals surface area contributed by atoms with E-state index >= 15 is 0 Å². The molecule has 8 nitrogen and oxygen atoms in total. The zero-order chi connectivity index (χ0) is 20.5. The van der Waals surface area contributed by atoms with Crippen LogP contribution < -0.4 is 10.6 Å². The van der Waals surface area contributed by atoms with Gasteiger partial charge in [0.2, 0.25) is 0 Å². The number of carbonyl (C=O) groups excluding carboxylic acids is 1. The van der Waals surface area contributed by atoms with Gasteiger partial charge in [0.05, 0.1) is 25.4 Å². The van der Waals surface area contributed by atoms with Gasteiger partial charge in [-0.2, -0.15) is 0 Å². The number of aliphatic hydroxyl groups is 1. The predicted octanol–water partition coefficient (Wildman–Crippen LogP) is 0.967. The summed E-state index contributed by atoms with van der Waals surface area (Å²) in [6, 6.07) is 10.4. The van der Waals surface area contributed by atoms with Crippen LogP contribution in [-0.4, -0.2) is 69.9 Å². The SMILES string of the molecule is O=C(N[C@H]1C[C@H](O)[C@@H](N2CCc3ccccc3C2)C1)c1cc(NC2COC2)ncn1. The second-order valence-electron chi connectivity index (χ2n) is 8.43. The van der Waals surface area contributed by atoms with Crippen LogP contribution in [0.2, 0.25) is 0 Å². The molecule has 2 aromatic rings. The number of hydrogen-bond acceptors (Lipinski definition) is 7. The summed E-state index contributed by atoms with van der Waals surface area (Å²) in [5, 5.41) is 17.0. The highest BCUT2D eigenvalue weighted by Gasteiger charge is 2.38. The molecule has 2 fully saturated rings. The summed E-state index contributed by atoms with van der Waals surface area (Å²) in [5.74, 6) is 0.395. The lowest BCUT2D eigenvalue weighted by Gasteiger charge is -2.35. The van der Waals surface area contributed by atoms with E-state index in [9.17, 15) is 9.90 Å². The Balaban J connectivity index is 1.19. The first-order valence-corrected chi connectivity index (χ1v) is 10.6. The summed E-state index contributed by atoms with van der Waals surface area (Å²) in [4.78, 5) is 23.4. The van der Waals surface area contributed by atoms with Crippen molar-refractivity contribution in [1.29, 1.82) is 0 Å². The number of nitrogens with one attached hydrogen (secondary N) is 2. The lowest BCUT2D eigenvalue weighted by atomic mass is 9.98. The Morgan fingerprint density at radius 3 is 2.77 bits per heavy atom. The third-order valence-corrected chi connectivity index (χ3v) is 6.35. The standard InChI is InChI=1S/C22H27N5O3/c28-20-8-16(7-19(20)27-6-5-14-3-1-2-4-15(14)10-27)26-22(29)18-9-21(24-13-23-18)25-17-11-30-12-17/h1-4,9,13,16-17,19-20,28H,5-8,10-12H2,(H,26,29)(H,23,24,25)/t16-,19+,20+/m1/s1. The van der Waals surface area contributed by atoms with Crippen molar-refractivity contribution >= 4 is 11.7 Å². The molecule has 8 heteroatoms. The zero-order valence-electron chi connectivity index (χ0n) is 16.8. The van der Waals surface area contributed by atoms with Gasteiger partial charge < -0.3 is 20.5 Å². The molecule has 3 aliphatic rings. The Bertz CT molecular complexity index is 919. The van der Waals surface area contributed by atoms with Gasteiger partial charge in [-0.25, -0.2) is 9.97 Å². The monoisotopic (exact) mass is 409 g/mol. The fourth-order valence-electron chi connectivity index (χ4n) is 4.65. The minimum absolute atomic E-state index is 0.0601. The van der Waals surface area contributed by atoms with Crippen molar-refractivity contribution < 1.29 is 14.6 Å². The van der Waals surface area contributed by atoms with Gasteiger partial charge in [0.15, 0.2) is 0 Å². The van der Waals surface area contributed by atoms with Crippen molar-refractivity contribution in [2.75, 3.05) is 25.1 Å². The van der Waals surface area contributed by atoms with Crippen LogP contribution >= 0.6 is 0 Å². The third-order valence-electron chi connectivity index (χ3n) is 6.35. The van der Waals surface area contributed by atoms with Crippen molar-refractivity contribution in [2.45, 2.75) is 50.0 Å². The number of anilines is 1. The fraction of sp³-hybridized carbons (Fsp3) is 0.500. The van der Waals surface area contributed by atoms with Crippen LogP contribution in [-0.2, 0) is 17.7 Å². The third kappa shape index (κ3) is 4.03. The Morgan fingerprint density at radius 2 is 1.97 bits per heavy atom. The first-order chi connectivity index (χ1) is 14.7. The highest BCUT2D eigenvalue weighted by molar-refractivity contribution is 5.93. The van der Waals surface area contributed by atoms with E-state index in [0.29, 0.717) is 31.1 Å². The van der Waals surface area contributed by atoms with Gasteiger partial charge in [0.25, 0.3) is 5.91 Å². The number of hydrogen-bond donors (Lipinski definition) is 3. The van der Waals surface area contributed by atoms with Gasteiger partial charge in [0, 0.05) is 31.2 Å². The second kappa shape index (κ2) is 8.29. The second-order valence-corrected chi connectivity index (χ2v) is 8.43. The molecule has 1 saturated heterocycles. The van der Waals surface area contributed by atoms with E-state index in [4.69, 9.17) is 4.74 Å². The molecule has 5 rings (SSSR count). The Kier molecular flexibility index (Phi) is 5.37. The van der Waals surface area contributed by atoms with Crippen LogP contribution in [0.4, 0.5) is 5.82 Å². The summed E-state index contributed by atoms with van der Waals surface area (Å²) in [5.41, 5.74) is 3.06. The average Bonchev–Trinajstić information content (AvgIpc) is 3.10. The van der Waals surface area contributed by atoms with E-state index in [1.807, 2.05) is 0 Å². The maximum atomic E-state index is 12.7. The molecule has 1 aromatic heterocycles. The summed E-state index contributed by atoms with van der Waals surface area (Å²) in [7, 11) is 0. The molecule has 3 N–H and O–H groups in total.